The van der Waals surface area contributed by atoms with Crippen LogP contribution in [-0.4, -0.2) is 17.4 Å². The molecule has 0 aliphatic carbocycles. The number of carbonyl (C=O) groups is 1. The first-order valence-corrected chi connectivity index (χ1v) is 7.38. The number of nitrogen functional groups attached to an aromatic ring is 1. The second-order valence-corrected chi connectivity index (χ2v) is 5.36. The highest BCUT2D eigenvalue weighted by Crippen LogP contribution is 2.21. The lowest BCUT2D eigenvalue weighted by molar-refractivity contribution is 0.0743. The summed E-state index contributed by atoms with van der Waals surface area (Å²) in [4.78, 5) is 14.5. The minimum atomic E-state index is -0.0240. The Morgan fingerprint density at radius 1 is 1.19 bits per heavy atom. The highest BCUT2D eigenvalue weighted by molar-refractivity contribution is 6.33. The molecule has 0 heterocycles. The largest absolute Gasteiger partial charge is 0.398 e. The van der Waals surface area contributed by atoms with Gasteiger partial charge in [0.2, 0.25) is 0 Å². The van der Waals surface area contributed by atoms with Gasteiger partial charge in [-0.2, -0.15) is 0 Å². The second kappa shape index (κ2) is 7.14. The lowest BCUT2D eigenvalue weighted by atomic mass is 10.1. The molecule has 0 unspecified atom stereocenters. The van der Waals surface area contributed by atoms with E-state index in [4.69, 9.17) is 17.3 Å². The summed E-state index contributed by atoms with van der Waals surface area (Å²) in [5, 5.41) is 0.469. The molecule has 3 nitrogen and oxygen atoms in total. The Morgan fingerprint density at radius 2 is 1.90 bits per heavy atom. The number of carbonyl (C=O) groups excluding carboxylic acids is 1. The molecule has 2 rings (SSSR count). The van der Waals surface area contributed by atoms with Crippen LogP contribution in [0.25, 0.3) is 0 Å². The molecule has 4 heteroatoms. The molecule has 2 aromatic carbocycles. The smallest absolute Gasteiger partial charge is 0.254 e. The topological polar surface area (TPSA) is 46.3 Å². The van der Waals surface area contributed by atoms with Gasteiger partial charge in [0.1, 0.15) is 0 Å². The molecule has 0 saturated heterocycles. The Hall–Kier alpha value is -2.00. The maximum atomic E-state index is 12.6. The minimum absolute atomic E-state index is 0.0240. The predicted molar refractivity (Wildman–Crippen MR) is 87.3 cm³/mol. The highest BCUT2D eigenvalue weighted by Gasteiger charge is 2.16. The Bertz CT molecular complexity index is 613. The van der Waals surface area contributed by atoms with Gasteiger partial charge in [-0.25, -0.2) is 0 Å². The van der Waals surface area contributed by atoms with E-state index in [9.17, 15) is 4.79 Å². The molecule has 0 bridgehead atoms. The number of amides is 1. The average Bonchev–Trinajstić information content (AvgIpc) is 2.50. The van der Waals surface area contributed by atoms with Crippen LogP contribution in [0.1, 0.15) is 29.3 Å². The number of rotatable bonds is 5. The third kappa shape index (κ3) is 3.99. The van der Waals surface area contributed by atoms with Gasteiger partial charge in [-0.3, -0.25) is 4.79 Å². The summed E-state index contributed by atoms with van der Waals surface area (Å²) in [7, 11) is 0. The van der Waals surface area contributed by atoms with Gasteiger partial charge in [0.15, 0.2) is 0 Å². The first-order chi connectivity index (χ1) is 10.1. The van der Waals surface area contributed by atoms with Crippen molar-refractivity contribution in [3.05, 3.63) is 64.7 Å². The van der Waals surface area contributed by atoms with Gasteiger partial charge in [0, 0.05) is 18.7 Å². The zero-order chi connectivity index (χ0) is 15.2. The molecule has 21 heavy (non-hydrogen) atoms. The number of benzene rings is 2. The molecule has 0 aromatic heterocycles. The van der Waals surface area contributed by atoms with Crippen molar-refractivity contribution in [1.82, 2.24) is 4.90 Å². The van der Waals surface area contributed by atoms with Gasteiger partial charge < -0.3 is 10.6 Å². The summed E-state index contributed by atoms with van der Waals surface area (Å²) in [6.07, 6.45) is 0.904. The van der Waals surface area contributed by atoms with Crippen LogP contribution in [0.15, 0.2) is 48.5 Å². The maximum absolute atomic E-state index is 12.6. The summed E-state index contributed by atoms with van der Waals surface area (Å²) in [6.45, 7) is 3.35. The molecular formula is C17H19ClN2O. The van der Waals surface area contributed by atoms with Gasteiger partial charge in [0.05, 0.1) is 10.7 Å². The van der Waals surface area contributed by atoms with Gasteiger partial charge in [0.25, 0.3) is 5.91 Å². The number of nitrogens with zero attached hydrogens (tertiary/aromatic N) is 1. The van der Waals surface area contributed by atoms with Crippen LogP contribution >= 0.6 is 11.6 Å². The van der Waals surface area contributed by atoms with Crippen molar-refractivity contribution >= 4 is 23.2 Å². The van der Waals surface area contributed by atoms with Gasteiger partial charge in [-0.15, -0.1) is 0 Å². The Labute approximate surface area is 130 Å². The van der Waals surface area contributed by atoms with Crippen molar-refractivity contribution < 1.29 is 4.79 Å². The van der Waals surface area contributed by atoms with E-state index >= 15 is 0 Å². The second-order valence-electron chi connectivity index (χ2n) is 4.95. The van der Waals surface area contributed by atoms with Crippen molar-refractivity contribution in [2.75, 3.05) is 12.3 Å². The van der Waals surface area contributed by atoms with E-state index in [-0.39, 0.29) is 5.91 Å². The zero-order valence-corrected chi connectivity index (χ0v) is 12.8. The van der Waals surface area contributed by atoms with E-state index in [0.29, 0.717) is 29.4 Å². The van der Waals surface area contributed by atoms with Crippen LogP contribution in [0.4, 0.5) is 5.69 Å². The number of halogens is 1. The fraction of sp³-hybridized carbons (Fsp3) is 0.235. The van der Waals surface area contributed by atoms with Crippen molar-refractivity contribution in [2.24, 2.45) is 0 Å². The summed E-state index contributed by atoms with van der Waals surface area (Å²) in [6, 6.07) is 15.0. The van der Waals surface area contributed by atoms with Crippen LogP contribution in [0.5, 0.6) is 0 Å². The van der Waals surface area contributed by atoms with Crippen LogP contribution < -0.4 is 5.73 Å². The monoisotopic (exact) mass is 302 g/mol. The third-order valence-electron chi connectivity index (χ3n) is 3.24. The first kappa shape index (κ1) is 15.4. The highest BCUT2D eigenvalue weighted by atomic mass is 35.5. The number of nitrogens with two attached hydrogens (primary N) is 1. The Balaban J connectivity index is 2.20. The summed E-state index contributed by atoms with van der Waals surface area (Å²) in [5.41, 5.74) is 7.89. The maximum Gasteiger partial charge on any atom is 0.254 e. The van der Waals surface area contributed by atoms with E-state index in [2.05, 4.69) is 6.92 Å². The molecule has 0 atom stereocenters. The first-order valence-electron chi connectivity index (χ1n) is 7.00. The standard InChI is InChI=1S/C17H19ClN2O/c1-2-10-20(12-13-6-4-3-5-7-13)17(21)14-8-9-15(18)16(19)11-14/h3-9,11H,2,10,12,19H2,1H3. The van der Waals surface area contributed by atoms with E-state index in [1.807, 2.05) is 35.2 Å². The van der Waals surface area contributed by atoms with E-state index < -0.39 is 0 Å². The lowest BCUT2D eigenvalue weighted by Gasteiger charge is -2.22. The molecule has 2 aromatic rings. The molecule has 0 radical (unpaired) electrons. The van der Waals surface area contributed by atoms with Crippen LogP contribution in [0, 0.1) is 0 Å². The molecule has 0 aliphatic rings. The third-order valence-corrected chi connectivity index (χ3v) is 3.58. The van der Waals surface area contributed by atoms with E-state index in [0.717, 1.165) is 12.0 Å². The van der Waals surface area contributed by atoms with Crippen molar-refractivity contribution in [3.8, 4) is 0 Å². The SMILES string of the molecule is CCCN(Cc1ccccc1)C(=O)c1ccc(Cl)c(N)c1. The van der Waals surface area contributed by atoms with Crippen molar-refractivity contribution in [1.29, 1.82) is 0 Å². The molecule has 0 saturated carbocycles. The van der Waals surface area contributed by atoms with Crippen molar-refractivity contribution in [2.45, 2.75) is 19.9 Å². The van der Waals surface area contributed by atoms with Crippen LogP contribution in [0.3, 0.4) is 0 Å². The van der Waals surface area contributed by atoms with Gasteiger partial charge in [-0.05, 0) is 30.2 Å². The van der Waals surface area contributed by atoms with Gasteiger partial charge in [-0.1, -0.05) is 48.9 Å². The lowest BCUT2D eigenvalue weighted by Crippen LogP contribution is -2.31. The van der Waals surface area contributed by atoms with Gasteiger partial charge >= 0.3 is 0 Å². The summed E-state index contributed by atoms with van der Waals surface area (Å²) < 4.78 is 0. The molecule has 0 spiro atoms. The molecular weight excluding hydrogens is 284 g/mol. The quantitative estimate of drug-likeness (QED) is 0.849. The average molecular weight is 303 g/mol. The Kier molecular flexibility index (Phi) is 5.23. The Morgan fingerprint density at radius 3 is 2.52 bits per heavy atom. The summed E-state index contributed by atoms with van der Waals surface area (Å²) in [5.74, 6) is -0.0240. The number of anilines is 1. The normalized spacial score (nSPS) is 10.4. The number of hydrogen-bond acceptors (Lipinski definition) is 2. The minimum Gasteiger partial charge on any atom is -0.398 e. The van der Waals surface area contributed by atoms with Crippen LogP contribution in [-0.2, 0) is 6.54 Å². The zero-order valence-electron chi connectivity index (χ0n) is 12.1. The molecule has 2 N–H and O–H groups in total. The molecule has 110 valence electrons. The molecule has 0 aliphatic heterocycles. The molecule has 1 amide bonds. The van der Waals surface area contributed by atoms with E-state index in [1.165, 1.54) is 0 Å². The number of hydrogen-bond donors (Lipinski definition) is 1. The molecule has 0 fully saturated rings. The fourth-order valence-corrected chi connectivity index (χ4v) is 2.30. The predicted octanol–water partition coefficient (Wildman–Crippen LogP) is 3.97. The fourth-order valence-electron chi connectivity index (χ4n) is 2.19. The summed E-state index contributed by atoms with van der Waals surface area (Å²) >= 11 is 5.91. The van der Waals surface area contributed by atoms with Crippen molar-refractivity contribution in [3.63, 3.8) is 0 Å². The van der Waals surface area contributed by atoms with Crippen LogP contribution in [0.2, 0.25) is 5.02 Å². The van der Waals surface area contributed by atoms with E-state index in [1.54, 1.807) is 18.2 Å².